The molecule has 6 heteroatoms. The number of aromatic nitrogens is 2. The molecule has 0 aliphatic heterocycles. The van der Waals surface area contributed by atoms with E-state index in [2.05, 4.69) is 15.5 Å². The molecule has 0 aliphatic rings. The van der Waals surface area contributed by atoms with Crippen molar-refractivity contribution in [1.29, 1.82) is 0 Å². The topological polar surface area (TPSA) is 104 Å². The monoisotopic (exact) mass is 322 g/mol. The summed E-state index contributed by atoms with van der Waals surface area (Å²) in [6.07, 6.45) is 3.58. The molecule has 3 aromatic rings. The molecule has 0 radical (unpaired) electrons. The molecule has 0 fully saturated rings. The molecule has 0 bridgehead atoms. The van der Waals surface area contributed by atoms with Crippen molar-refractivity contribution < 1.29 is 9.90 Å². The second-order valence-electron chi connectivity index (χ2n) is 5.59. The Morgan fingerprint density at radius 2 is 1.96 bits per heavy atom. The minimum atomic E-state index is -0.422. The standard InChI is InChI=1S/C18H18N4O2/c1-11(18(19)24)13-4-7-17(23)16(8-13)22-15-5-2-12(3-6-15)14-9-20-21-10-14/h2-11,22-23H,1H3,(H2,19,24)(H,20,21). The largest absolute Gasteiger partial charge is 0.506 e. The van der Waals surface area contributed by atoms with Crippen LogP contribution >= 0.6 is 0 Å². The highest BCUT2D eigenvalue weighted by molar-refractivity contribution is 5.82. The highest BCUT2D eigenvalue weighted by Gasteiger charge is 2.13. The van der Waals surface area contributed by atoms with E-state index in [1.807, 2.05) is 30.5 Å². The fourth-order valence-corrected chi connectivity index (χ4v) is 2.40. The summed E-state index contributed by atoms with van der Waals surface area (Å²) in [5.74, 6) is -0.722. The van der Waals surface area contributed by atoms with E-state index in [1.165, 1.54) is 0 Å². The minimum absolute atomic E-state index is 0.106. The Labute approximate surface area is 139 Å². The van der Waals surface area contributed by atoms with Gasteiger partial charge in [-0.3, -0.25) is 9.89 Å². The smallest absolute Gasteiger partial charge is 0.224 e. The third kappa shape index (κ3) is 3.22. The number of hydrogen-bond acceptors (Lipinski definition) is 4. The third-order valence-electron chi connectivity index (χ3n) is 3.94. The lowest BCUT2D eigenvalue weighted by Crippen LogP contribution is -2.18. The summed E-state index contributed by atoms with van der Waals surface area (Å²) in [7, 11) is 0. The Morgan fingerprint density at radius 3 is 2.58 bits per heavy atom. The molecule has 1 aromatic heterocycles. The molecular formula is C18H18N4O2. The summed E-state index contributed by atoms with van der Waals surface area (Å²) < 4.78 is 0. The molecule has 2 aromatic carbocycles. The normalized spacial score (nSPS) is 11.9. The summed E-state index contributed by atoms with van der Waals surface area (Å²) in [5, 5.41) is 19.9. The van der Waals surface area contributed by atoms with E-state index in [-0.39, 0.29) is 5.75 Å². The molecule has 1 atom stereocenters. The van der Waals surface area contributed by atoms with Crippen LogP contribution in [0.3, 0.4) is 0 Å². The van der Waals surface area contributed by atoms with E-state index in [0.717, 1.165) is 22.4 Å². The summed E-state index contributed by atoms with van der Waals surface area (Å²) in [6.45, 7) is 1.73. The van der Waals surface area contributed by atoms with E-state index < -0.39 is 11.8 Å². The molecule has 0 saturated heterocycles. The van der Waals surface area contributed by atoms with Crippen LogP contribution in [-0.4, -0.2) is 21.2 Å². The molecule has 1 heterocycles. The van der Waals surface area contributed by atoms with E-state index in [4.69, 9.17) is 5.73 Å². The number of nitrogens with zero attached hydrogens (tertiary/aromatic N) is 1. The number of primary amides is 1. The first-order valence-corrected chi connectivity index (χ1v) is 7.53. The number of anilines is 2. The van der Waals surface area contributed by atoms with Gasteiger partial charge < -0.3 is 16.2 Å². The number of hydrogen-bond donors (Lipinski definition) is 4. The average Bonchev–Trinajstić information content (AvgIpc) is 3.11. The van der Waals surface area contributed by atoms with Crippen molar-refractivity contribution in [2.24, 2.45) is 5.73 Å². The highest BCUT2D eigenvalue weighted by atomic mass is 16.3. The van der Waals surface area contributed by atoms with Crippen molar-refractivity contribution in [3.05, 3.63) is 60.4 Å². The van der Waals surface area contributed by atoms with Crippen LogP contribution in [0.25, 0.3) is 11.1 Å². The van der Waals surface area contributed by atoms with Crippen LogP contribution in [0.1, 0.15) is 18.4 Å². The van der Waals surface area contributed by atoms with Crippen LogP contribution in [0.5, 0.6) is 5.75 Å². The molecule has 0 aliphatic carbocycles. The number of phenols is 1. The molecule has 24 heavy (non-hydrogen) atoms. The number of carbonyl (C=O) groups excluding carboxylic acids is 1. The molecule has 0 saturated carbocycles. The number of carbonyl (C=O) groups is 1. The van der Waals surface area contributed by atoms with E-state index in [0.29, 0.717) is 5.69 Å². The van der Waals surface area contributed by atoms with E-state index >= 15 is 0 Å². The third-order valence-corrected chi connectivity index (χ3v) is 3.94. The first-order chi connectivity index (χ1) is 11.5. The van der Waals surface area contributed by atoms with Gasteiger partial charge in [0.15, 0.2) is 0 Å². The first-order valence-electron chi connectivity index (χ1n) is 7.53. The zero-order chi connectivity index (χ0) is 17.1. The number of aromatic hydroxyl groups is 1. The molecular weight excluding hydrogens is 304 g/mol. The number of phenolic OH excluding ortho intramolecular Hbond substituents is 1. The summed E-state index contributed by atoms with van der Waals surface area (Å²) >= 11 is 0. The van der Waals surface area contributed by atoms with Gasteiger partial charge in [-0.15, -0.1) is 0 Å². The zero-order valence-electron chi connectivity index (χ0n) is 13.2. The van der Waals surface area contributed by atoms with Crippen molar-refractivity contribution in [3.8, 4) is 16.9 Å². The van der Waals surface area contributed by atoms with Crippen LogP contribution in [0.4, 0.5) is 11.4 Å². The SMILES string of the molecule is CC(C(N)=O)c1ccc(O)c(Nc2ccc(-c3cn[nH]c3)cc2)c1. The number of H-pyrrole nitrogens is 1. The molecule has 122 valence electrons. The van der Waals surface area contributed by atoms with Crippen molar-refractivity contribution >= 4 is 17.3 Å². The van der Waals surface area contributed by atoms with Gasteiger partial charge in [-0.05, 0) is 42.3 Å². The molecule has 5 N–H and O–H groups in total. The summed E-state index contributed by atoms with van der Waals surface area (Å²) in [6, 6.07) is 12.7. The van der Waals surface area contributed by atoms with E-state index in [1.54, 1.807) is 31.3 Å². The Morgan fingerprint density at radius 1 is 1.21 bits per heavy atom. The lowest BCUT2D eigenvalue weighted by molar-refractivity contribution is -0.119. The Hall–Kier alpha value is -3.28. The van der Waals surface area contributed by atoms with Gasteiger partial charge in [-0.2, -0.15) is 5.10 Å². The predicted molar refractivity (Wildman–Crippen MR) is 93.0 cm³/mol. The number of benzene rings is 2. The molecule has 1 unspecified atom stereocenters. The number of rotatable bonds is 5. The van der Waals surface area contributed by atoms with Crippen LogP contribution < -0.4 is 11.1 Å². The van der Waals surface area contributed by atoms with Crippen LogP contribution in [0.15, 0.2) is 54.9 Å². The Kier molecular flexibility index (Phi) is 4.20. The van der Waals surface area contributed by atoms with Gasteiger partial charge in [0.05, 0.1) is 17.8 Å². The van der Waals surface area contributed by atoms with Crippen molar-refractivity contribution in [3.63, 3.8) is 0 Å². The molecule has 1 amide bonds. The summed E-state index contributed by atoms with van der Waals surface area (Å²) in [5.41, 5.74) is 9.47. The zero-order valence-corrected chi connectivity index (χ0v) is 13.2. The average molecular weight is 322 g/mol. The number of aromatic amines is 1. The number of nitrogens with two attached hydrogens (primary N) is 1. The van der Waals surface area contributed by atoms with Crippen LogP contribution in [0, 0.1) is 0 Å². The Balaban J connectivity index is 1.83. The van der Waals surface area contributed by atoms with Gasteiger partial charge in [0, 0.05) is 17.4 Å². The second kappa shape index (κ2) is 6.45. The van der Waals surface area contributed by atoms with Crippen molar-refractivity contribution in [2.75, 3.05) is 5.32 Å². The van der Waals surface area contributed by atoms with Crippen LogP contribution in [0.2, 0.25) is 0 Å². The van der Waals surface area contributed by atoms with Gasteiger partial charge in [0.25, 0.3) is 0 Å². The van der Waals surface area contributed by atoms with Gasteiger partial charge in [0.2, 0.25) is 5.91 Å². The van der Waals surface area contributed by atoms with Gasteiger partial charge in [0.1, 0.15) is 5.75 Å². The molecule has 0 spiro atoms. The minimum Gasteiger partial charge on any atom is -0.506 e. The number of amides is 1. The van der Waals surface area contributed by atoms with Crippen molar-refractivity contribution in [1.82, 2.24) is 10.2 Å². The maximum absolute atomic E-state index is 11.3. The molecule has 3 rings (SSSR count). The first kappa shape index (κ1) is 15.6. The maximum atomic E-state index is 11.3. The lowest BCUT2D eigenvalue weighted by atomic mass is 9.99. The highest BCUT2D eigenvalue weighted by Crippen LogP contribution is 2.31. The second-order valence-corrected chi connectivity index (χ2v) is 5.59. The van der Waals surface area contributed by atoms with Gasteiger partial charge in [-0.25, -0.2) is 0 Å². The lowest BCUT2D eigenvalue weighted by Gasteiger charge is -2.13. The summed E-state index contributed by atoms with van der Waals surface area (Å²) in [4.78, 5) is 11.3. The molecule has 6 nitrogen and oxygen atoms in total. The predicted octanol–water partition coefficient (Wildman–Crippen LogP) is 3.11. The maximum Gasteiger partial charge on any atom is 0.224 e. The van der Waals surface area contributed by atoms with E-state index in [9.17, 15) is 9.90 Å². The fraction of sp³-hybridized carbons (Fsp3) is 0.111. The van der Waals surface area contributed by atoms with Gasteiger partial charge in [-0.1, -0.05) is 18.2 Å². The van der Waals surface area contributed by atoms with Gasteiger partial charge >= 0.3 is 0 Å². The quantitative estimate of drug-likeness (QED) is 0.542. The fourth-order valence-electron chi connectivity index (χ4n) is 2.40. The number of nitrogens with one attached hydrogen (secondary N) is 2. The Bertz CT molecular complexity index is 842. The van der Waals surface area contributed by atoms with Crippen LogP contribution in [-0.2, 0) is 4.79 Å². The van der Waals surface area contributed by atoms with Crippen molar-refractivity contribution in [2.45, 2.75) is 12.8 Å².